The maximum Gasteiger partial charge on any atom is 0.140 e. The topological polar surface area (TPSA) is 50.4 Å². The van der Waals surface area contributed by atoms with Crippen molar-refractivity contribution in [1.82, 2.24) is 14.9 Å². The SMILES string of the molecule is COc1ccc2nc(COC3CN(CCC(C)C)CC3F)[nH]c2c1. The second kappa shape index (κ2) is 7.49. The molecule has 0 saturated carbocycles. The van der Waals surface area contributed by atoms with Gasteiger partial charge in [-0.05, 0) is 31.0 Å². The van der Waals surface area contributed by atoms with Crippen LogP contribution in [0.3, 0.4) is 0 Å². The zero-order chi connectivity index (χ0) is 17.1. The normalized spacial score (nSPS) is 21.9. The summed E-state index contributed by atoms with van der Waals surface area (Å²) in [7, 11) is 1.63. The molecule has 3 rings (SSSR count). The predicted molar refractivity (Wildman–Crippen MR) is 92.0 cm³/mol. The largest absolute Gasteiger partial charge is 0.497 e. The van der Waals surface area contributed by atoms with E-state index in [-0.39, 0.29) is 6.10 Å². The highest BCUT2D eigenvalue weighted by atomic mass is 19.1. The van der Waals surface area contributed by atoms with Crippen molar-refractivity contribution in [3.05, 3.63) is 24.0 Å². The molecule has 1 fully saturated rings. The molecule has 0 radical (unpaired) electrons. The maximum atomic E-state index is 14.2. The van der Waals surface area contributed by atoms with Crippen LogP contribution in [0.15, 0.2) is 18.2 Å². The predicted octanol–water partition coefficient (Wildman–Crippen LogP) is 3.16. The lowest BCUT2D eigenvalue weighted by molar-refractivity contribution is 0.00873. The number of nitrogens with one attached hydrogen (secondary N) is 1. The molecule has 0 spiro atoms. The van der Waals surface area contributed by atoms with Crippen LogP contribution < -0.4 is 4.74 Å². The summed E-state index contributed by atoms with van der Waals surface area (Å²) in [4.78, 5) is 9.84. The van der Waals surface area contributed by atoms with Gasteiger partial charge in [0.2, 0.25) is 0 Å². The van der Waals surface area contributed by atoms with E-state index in [0.29, 0.717) is 31.4 Å². The number of H-pyrrole nitrogens is 1. The van der Waals surface area contributed by atoms with E-state index in [0.717, 1.165) is 29.7 Å². The van der Waals surface area contributed by atoms with Crippen LogP contribution in [0.25, 0.3) is 11.0 Å². The summed E-state index contributed by atoms with van der Waals surface area (Å²) in [6.45, 7) is 6.72. The number of benzene rings is 1. The van der Waals surface area contributed by atoms with Crippen molar-refractivity contribution in [3.8, 4) is 5.75 Å². The van der Waals surface area contributed by atoms with Crippen LogP contribution in [0.1, 0.15) is 26.1 Å². The van der Waals surface area contributed by atoms with E-state index in [1.54, 1.807) is 7.11 Å². The Labute approximate surface area is 142 Å². The molecule has 24 heavy (non-hydrogen) atoms. The van der Waals surface area contributed by atoms with Gasteiger partial charge in [0.1, 0.15) is 30.5 Å². The number of aromatic amines is 1. The van der Waals surface area contributed by atoms with E-state index in [9.17, 15) is 4.39 Å². The third-order valence-electron chi connectivity index (χ3n) is 4.47. The molecule has 2 atom stereocenters. The van der Waals surface area contributed by atoms with Gasteiger partial charge in [-0.1, -0.05) is 13.8 Å². The van der Waals surface area contributed by atoms with Gasteiger partial charge in [0.25, 0.3) is 0 Å². The molecule has 1 aromatic carbocycles. The molecular weight excluding hydrogens is 309 g/mol. The summed E-state index contributed by atoms with van der Waals surface area (Å²) in [5.74, 6) is 2.13. The van der Waals surface area contributed by atoms with Crippen LogP contribution >= 0.6 is 0 Å². The molecular formula is C18H26FN3O2. The Hall–Kier alpha value is -1.66. The number of hydrogen-bond acceptors (Lipinski definition) is 4. The highest BCUT2D eigenvalue weighted by Gasteiger charge is 2.33. The Balaban J connectivity index is 1.55. The average Bonchev–Trinajstić information content (AvgIpc) is 3.12. The quantitative estimate of drug-likeness (QED) is 0.844. The highest BCUT2D eigenvalue weighted by molar-refractivity contribution is 5.76. The lowest BCUT2D eigenvalue weighted by atomic mass is 10.1. The van der Waals surface area contributed by atoms with E-state index in [4.69, 9.17) is 9.47 Å². The Bertz CT molecular complexity index is 673. The molecule has 1 aliphatic rings. The molecule has 0 bridgehead atoms. The monoisotopic (exact) mass is 335 g/mol. The summed E-state index contributed by atoms with van der Waals surface area (Å²) in [5.41, 5.74) is 1.76. The summed E-state index contributed by atoms with van der Waals surface area (Å²) < 4.78 is 25.1. The first-order chi connectivity index (χ1) is 11.5. The fraction of sp³-hybridized carbons (Fsp3) is 0.611. The van der Waals surface area contributed by atoms with Gasteiger partial charge in [-0.2, -0.15) is 0 Å². The summed E-state index contributed by atoms with van der Waals surface area (Å²) in [6.07, 6.45) is -0.216. The minimum absolute atomic E-state index is 0.292. The van der Waals surface area contributed by atoms with E-state index >= 15 is 0 Å². The summed E-state index contributed by atoms with van der Waals surface area (Å²) in [6, 6.07) is 5.66. The zero-order valence-electron chi connectivity index (χ0n) is 14.6. The first-order valence-corrected chi connectivity index (χ1v) is 8.56. The highest BCUT2D eigenvalue weighted by Crippen LogP contribution is 2.21. The number of likely N-dealkylation sites (tertiary alicyclic amines) is 1. The van der Waals surface area contributed by atoms with E-state index in [2.05, 4.69) is 28.7 Å². The number of methoxy groups -OCH3 is 1. The van der Waals surface area contributed by atoms with E-state index in [1.807, 2.05) is 18.2 Å². The molecule has 1 N–H and O–H groups in total. The van der Waals surface area contributed by atoms with Crippen LogP contribution in [0.5, 0.6) is 5.75 Å². The Morgan fingerprint density at radius 3 is 2.96 bits per heavy atom. The maximum absolute atomic E-state index is 14.2. The molecule has 1 aromatic heterocycles. The molecule has 1 aliphatic heterocycles. The van der Waals surface area contributed by atoms with Gasteiger partial charge in [0, 0.05) is 19.2 Å². The minimum atomic E-state index is -0.929. The molecule has 2 unspecified atom stereocenters. The van der Waals surface area contributed by atoms with Crippen LogP contribution in [0, 0.1) is 5.92 Å². The number of nitrogens with zero attached hydrogens (tertiary/aromatic N) is 2. The van der Waals surface area contributed by atoms with Crippen LogP contribution in [-0.4, -0.2) is 53.9 Å². The van der Waals surface area contributed by atoms with Gasteiger partial charge in [-0.3, -0.25) is 4.90 Å². The first-order valence-electron chi connectivity index (χ1n) is 8.56. The number of fused-ring (bicyclic) bond motifs is 1. The van der Waals surface area contributed by atoms with E-state index in [1.165, 1.54) is 0 Å². The summed E-state index contributed by atoms with van der Waals surface area (Å²) in [5, 5.41) is 0. The van der Waals surface area contributed by atoms with Crippen LogP contribution in [0.4, 0.5) is 4.39 Å². The number of rotatable bonds is 7. The van der Waals surface area contributed by atoms with Crippen molar-refractivity contribution in [2.24, 2.45) is 5.92 Å². The van der Waals surface area contributed by atoms with Crippen LogP contribution in [0.2, 0.25) is 0 Å². The number of alkyl halides is 1. The van der Waals surface area contributed by atoms with Gasteiger partial charge in [0.15, 0.2) is 0 Å². The first kappa shape index (κ1) is 17.2. The Morgan fingerprint density at radius 2 is 2.21 bits per heavy atom. The summed E-state index contributed by atoms with van der Waals surface area (Å²) >= 11 is 0. The second-order valence-electron chi connectivity index (χ2n) is 6.87. The zero-order valence-corrected chi connectivity index (χ0v) is 14.6. The lowest BCUT2D eigenvalue weighted by Gasteiger charge is -2.16. The average molecular weight is 335 g/mol. The van der Waals surface area contributed by atoms with Crippen molar-refractivity contribution >= 4 is 11.0 Å². The lowest BCUT2D eigenvalue weighted by Crippen LogP contribution is -2.25. The number of imidazole rings is 1. The third kappa shape index (κ3) is 4.05. The van der Waals surface area contributed by atoms with Crippen molar-refractivity contribution in [3.63, 3.8) is 0 Å². The molecule has 0 amide bonds. The number of aromatic nitrogens is 2. The smallest absolute Gasteiger partial charge is 0.140 e. The molecule has 6 heteroatoms. The van der Waals surface area contributed by atoms with Crippen molar-refractivity contribution < 1.29 is 13.9 Å². The van der Waals surface area contributed by atoms with Gasteiger partial charge in [0.05, 0.1) is 18.1 Å². The third-order valence-corrected chi connectivity index (χ3v) is 4.47. The Morgan fingerprint density at radius 1 is 1.38 bits per heavy atom. The van der Waals surface area contributed by atoms with Crippen molar-refractivity contribution in [2.45, 2.75) is 39.2 Å². The van der Waals surface area contributed by atoms with Gasteiger partial charge in [-0.25, -0.2) is 9.37 Å². The van der Waals surface area contributed by atoms with Crippen molar-refractivity contribution in [1.29, 1.82) is 0 Å². The fourth-order valence-corrected chi connectivity index (χ4v) is 3.01. The molecule has 132 valence electrons. The van der Waals surface area contributed by atoms with E-state index < -0.39 is 6.17 Å². The number of hydrogen-bond donors (Lipinski definition) is 1. The second-order valence-corrected chi connectivity index (χ2v) is 6.87. The van der Waals surface area contributed by atoms with Gasteiger partial charge in [-0.15, -0.1) is 0 Å². The fourth-order valence-electron chi connectivity index (χ4n) is 3.01. The number of ether oxygens (including phenoxy) is 2. The molecule has 2 heterocycles. The van der Waals surface area contributed by atoms with Crippen molar-refractivity contribution in [2.75, 3.05) is 26.7 Å². The standard InChI is InChI=1S/C18H26FN3O2/c1-12(2)6-7-22-9-14(19)17(10-22)24-11-18-20-15-5-4-13(23-3)8-16(15)21-18/h4-5,8,12,14,17H,6-7,9-11H2,1-3H3,(H,20,21). The molecule has 5 nitrogen and oxygen atoms in total. The Kier molecular flexibility index (Phi) is 5.36. The number of halogens is 1. The molecule has 2 aromatic rings. The minimum Gasteiger partial charge on any atom is -0.497 e. The van der Waals surface area contributed by atoms with Crippen LogP contribution in [-0.2, 0) is 11.3 Å². The van der Waals surface area contributed by atoms with Gasteiger partial charge < -0.3 is 14.5 Å². The molecule has 0 aliphatic carbocycles. The van der Waals surface area contributed by atoms with Gasteiger partial charge >= 0.3 is 0 Å². The molecule has 1 saturated heterocycles.